The van der Waals surface area contributed by atoms with Crippen molar-refractivity contribution in [2.45, 2.75) is 49.8 Å². The zero-order valence-electron chi connectivity index (χ0n) is 16.5. The fraction of sp³-hybridized carbons (Fsp3) is 0.381. The van der Waals surface area contributed by atoms with E-state index in [1.54, 1.807) is 25.1 Å². The van der Waals surface area contributed by atoms with Gasteiger partial charge in [0.25, 0.3) is 0 Å². The van der Waals surface area contributed by atoms with Crippen molar-refractivity contribution < 1.29 is 26.4 Å². The molecule has 29 heavy (non-hydrogen) atoms. The third-order valence-electron chi connectivity index (χ3n) is 4.60. The summed E-state index contributed by atoms with van der Waals surface area (Å²) in [6, 6.07) is 9.02. The fourth-order valence-electron chi connectivity index (χ4n) is 3.07. The highest BCUT2D eigenvalue weighted by molar-refractivity contribution is 7.90. The molecule has 2 aromatic carbocycles. The van der Waals surface area contributed by atoms with Crippen molar-refractivity contribution in [1.29, 1.82) is 0 Å². The molecule has 0 spiro atoms. The Labute approximate surface area is 169 Å². The van der Waals surface area contributed by atoms with E-state index in [9.17, 15) is 26.4 Å². The number of rotatable bonds is 8. The molecule has 0 bridgehead atoms. The smallest absolute Gasteiger partial charge is 0.298 e. The van der Waals surface area contributed by atoms with Gasteiger partial charge in [0.15, 0.2) is 9.84 Å². The number of alkyl halides is 3. The van der Waals surface area contributed by atoms with Crippen LogP contribution in [0.3, 0.4) is 0 Å². The van der Waals surface area contributed by atoms with E-state index in [0.717, 1.165) is 6.26 Å². The van der Waals surface area contributed by atoms with Crippen LogP contribution < -0.4 is 5.32 Å². The standard InChI is InChI=1S/C21H24F3NO3S/c1-4-6-19(14(2)26)25-20(21(22,23)24)17-8-5-7-16(13-17)15-9-11-18(12-10-15)29(3,27)28/h5,7-13,19-20,25H,4,6H2,1-3H3/t19?,20-/m0/s1. The second kappa shape index (κ2) is 9.09. The van der Waals surface area contributed by atoms with Gasteiger partial charge in [0.1, 0.15) is 11.8 Å². The van der Waals surface area contributed by atoms with E-state index < -0.39 is 28.1 Å². The summed E-state index contributed by atoms with van der Waals surface area (Å²) in [5, 5.41) is 2.46. The van der Waals surface area contributed by atoms with Crippen LogP contribution in [0.2, 0.25) is 0 Å². The Morgan fingerprint density at radius 1 is 1.07 bits per heavy atom. The number of sulfone groups is 1. The molecule has 0 aliphatic heterocycles. The third-order valence-corrected chi connectivity index (χ3v) is 5.73. The van der Waals surface area contributed by atoms with Gasteiger partial charge < -0.3 is 0 Å². The van der Waals surface area contributed by atoms with Crippen LogP contribution in [0.5, 0.6) is 0 Å². The van der Waals surface area contributed by atoms with Gasteiger partial charge in [0, 0.05) is 6.26 Å². The Bertz CT molecular complexity index is 954. The lowest BCUT2D eigenvalue weighted by Crippen LogP contribution is -2.44. The van der Waals surface area contributed by atoms with Crippen LogP contribution in [0.1, 0.15) is 38.3 Å². The second-order valence-corrected chi connectivity index (χ2v) is 9.03. The van der Waals surface area contributed by atoms with Gasteiger partial charge in [-0.25, -0.2) is 8.42 Å². The molecule has 0 radical (unpaired) electrons. The zero-order valence-corrected chi connectivity index (χ0v) is 17.3. The van der Waals surface area contributed by atoms with Crippen molar-refractivity contribution in [3.63, 3.8) is 0 Å². The molecule has 1 unspecified atom stereocenters. The number of carbonyl (C=O) groups excluding carboxylic acids is 1. The molecule has 2 atom stereocenters. The Balaban J connectivity index is 2.40. The van der Waals surface area contributed by atoms with E-state index in [1.807, 2.05) is 0 Å². The number of nitrogens with one attached hydrogen (secondary N) is 1. The van der Waals surface area contributed by atoms with Crippen LogP contribution in [0.15, 0.2) is 53.4 Å². The van der Waals surface area contributed by atoms with Crippen molar-refractivity contribution in [1.82, 2.24) is 5.32 Å². The van der Waals surface area contributed by atoms with Crippen LogP contribution in [0.4, 0.5) is 13.2 Å². The Morgan fingerprint density at radius 3 is 2.17 bits per heavy atom. The minimum Gasteiger partial charge on any atom is -0.298 e. The number of carbonyl (C=O) groups is 1. The average Bonchev–Trinajstić information content (AvgIpc) is 2.63. The maximum Gasteiger partial charge on any atom is 0.407 e. The van der Waals surface area contributed by atoms with E-state index in [4.69, 9.17) is 0 Å². The molecule has 2 rings (SSSR count). The van der Waals surface area contributed by atoms with Gasteiger partial charge in [0.2, 0.25) is 0 Å². The first kappa shape index (κ1) is 23.1. The van der Waals surface area contributed by atoms with Crippen LogP contribution in [0.25, 0.3) is 11.1 Å². The van der Waals surface area contributed by atoms with Crippen LogP contribution in [0, 0.1) is 0 Å². The molecule has 0 heterocycles. The summed E-state index contributed by atoms with van der Waals surface area (Å²) in [5.41, 5.74) is 1.11. The van der Waals surface area contributed by atoms with E-state index in [2.05, 4.69) is 5.32 Å². The van der Waals surface area contributed by atoms with E-state index in [0.29, 0.717) is 24.0 Å². The summed E-state index contributed by atoms with van der Waals surface area (Å²) in [6.07, 6.45) is -2.60. The van der Waals surface area contributed by atoms with Crippen molar-refractivity contribution >= 4 is 15.6 Å². The number of benzene rings is 2. The van der Waals surface area contributed by atoms with Crippen molar-refractivity contribution in [2.75, 3.05) is 6.26 Å². The number of ketones is 1. The Hall–Kier alpha value is -2.19. The molecule has 0 amide bonds. The number of hydrogen-bond acceptors (Lipinski definition) is 4. The summed E-state index contributed by atoms with van der Waals surface area (Å²) in [5.74, 6) is -0.339. The first-order chi connectivity index (χ1) is 13.4. The highest BCUT2D eigenvalue weighted by Gasteiger charge is 2.42. The van der Waals surface area contributed by atoms with Crippen LogP contribution in [-0.2, 0) is 14.6 Å². The lowest BCUT2D eigenvalue weighted by Gasteiger charge is -2.27. The molecule has 8 heteroatoms. The molecule has 1 N–H and O–H groups in total. The largest absolute Gasteiger partial charge is 0.407 e. The van der Waals surface area contributed by atoms with Gasteiger partial charge in [-0.05, 0) is 48.2 Å². The maximum atomic E-state index is 13.7. The minimum atomic E-state index is -4.58. The zero-order chi connectivity index (χ0) is 21.8. The maximum absolute atomic E-state index is 13.7. The number of halogens is 3. The van der Waals surface area contributed by atoms with E-state index in [-0.39, 0.29) is 16.2 Å². The molecule has 0 aliphatic carbocycles. The van der Waals surface area contributed by atoms with Crippen molar-refractivity contribution in [2.24, 2.45) is 0 Å². The predicted molar refractivity (Wildman–Crippen MR) is 106 cm³/mol. The Kier molecular flexibility index (Phi) is 7.24. The summed E-state index contributed by atoms with van der Waals surface area (Å²) in [6.45, 7) is 3.08. The van der Waals surface area contributed by atoms with Gasteiger partial charge in [-0.1, -0.05) is 43.7 Å². The molecule has 0 fully saturated rings. The normalized spacial score (nSPS) is 14.4. The molecule has 0 saturated carbocycles. The summed E-state index contributed by atoms with van der Waals surface area (Å²) < 4.78 is 64.4. The molecule has 2 aromatic rings. The average molecular weight is 427 g/mol. The van der Waals surface area contributed by atoms with Gasteiger partial charge in [-0.3, -0.25) is 10.1 Å². The highest BCUT2D eigenvalue weighted by Crippen LogP contribution is 2.35. The lowest BCUT2D eigenvalue weighted by molar-refractivity contribution is -0.160. The van der Waals surface area contributed by atoms with Crippen molar-refractivity contribution in [3.05, 3.63) is 54.1 Å². The number of hydrogen-bond donors (Lipinski definition) is 1. The lowest BCUT2D eigenvalue weighted by atomic mass is 9.97. The number of Topliss-reactive ketones (excluding diaryl/α,β-unsaturated/α-hetero) is 1. The fourth-order valence-corrected chi connectivity index (χ4v) is 3.70. The summed E-state index contributed by atoms with van der Waals surface area (Å²) in [7, 11) is -3.36. The highest BCUT2D eigenvalue weighted by atomic mass is 32.2. The molecule has 158 valence electrons. The quantitative estimate of drug-likeness (QED) is 0.663. The summed E-state index contributed by atoms with van der Waals surface area (Å²) in [4.78, 5) is 11.9. The van der Waals surface area contributed by atoms with Gasteiger partial charge in [-0.15, -0.1) is 0 Å². The molecule has 0 aromatic heterocycles. The first-order valence-electron chi connectivity index (χ1n) is 9.17. The Morgan fingerprint density at radius 2 is 1.69 bits per heavy atom. The monoisotopic (exact) mass is 427 g/mol. The van der Waals surface area contributed by atoms with Crippen molar-refractivity contribution in [3.8, 4) is 11.1 Å². The SMILES string of the molecule is CCCC(N[C@@H](c1cccc(-c2ccc(S(C)(=O)=O)cc2)c1)C(F)(F)F)C(C)=O. The topological polar surface area (TPSA) is 63.2 Å². The van der Waals surface area contributed by atoms with Gasteiger partial charge in [-0.2, -0.15) is 13.2 Å². The van der Waals surface area contributed by atoms with Gasteiger partial charge in [0.05, 0.1) is 10.9 Å². The molecule has 4 nitrogen and oxygen atoms in total. The minimum absolute atomic E-state index is 0.00968. The van der Waals surface area contributed by atoms with Gasteiger partial charge >= 0.3 is 6.18 Å². The predicted octanol–water partition coefficient (Wildman–Crippen LogP) is 4.71. The second-order valence-electron chi connectivity index (χ2n) is 7.02. The molecule has 0 saturated heterocycles. The third kappa shape index (κ3) is 6.14. The first-order valence-corrected chi connectivity index (χ1v) is 11.1. The van der Waals surface area contributed by atoms with Crippen LogP contribution >= 0.6 is 0 Å². The summed E-state index contributed by atoms with van der Waals surface area (Å²) >= 11 is 0. The molecular weight excluding hydrogens is 403 g/mol. The van der Waals surface area contributed by atoms with E-state index >= 15 is 0 Å². The van der Waals surface area contributed by atoms with Crippen LogP contribution in [-0.4, -0.2) is 32.7 Å². The van der Waals surface area contributed by atoms with E-state index in [1.165, 1.54) is 37.3 Å². The molecular formula is C21H24F3NO3S. The molecule has 0 aliphatic rings.